The van der Waals surface area contributed by atoms with Gasteiger partial charge in [-0.05, 0) is 61.1 Å². The van der Waals surface area contributed by atoms with E-state index in [0.717, 1.165) is 11.3 Å². The van der Waals surface area contributed by atoms with Crippen LogP contribution in [0.2, 0.25) is 0 Å². The molecule has 0 bridgehead atoms. The molecule has 5 heteroatoms. The Hall–Kier alpha value is -2.40. The Bertz CT molecular complexity index is 759. The van der Waals surface area contributed by atoms with Crippen LogP contribution in [0, 0.1) is 11.7 Å². The number of methoxy groups -OCH3 is 1. The number of amides is 1. The Kier molecular flexibility index (Phi) is 6.45. The van der Waals surface area contributed by atoms with E-state index >= 15 is 0 Å². The summed E-state index contributed by atoms with van der Waals surface area (Å²) in [6.07, 6.45) is 2.36. The van der Waals surface area contributed by atoms with Gasteiger partial charge in [-0.25, -0.2) is 4.39 Å². The largest absolute Gasteiger partial charge is 0.497 e. The summed E-state index contributed by atoms with van der Waals surface area (Å²) in [5, 5.41) is 3.44. The molecule has 1 amide bonds. The van der Waals surface area contributed by atoms with Crippen LogP contribution in [0.1, 0.15) is 36.9 Å². The van der Waals surface area contributed by atoms with Crippen LogP contribution >= 0.6 is 0 Å². The highest BCUT2D eigenvalue weighted by Gasteiger charge is 2.32. The molecule has 4 nitrogen and oxygen atoms in total. The lowest BCUT2D eigenvalue weighted by molar-refractivity contribution is -0.130. The van der Waals surface area contributed by atoms with Gasteiger partial charge in [0.05, 0.1) is 13.7 Å². The van der Waals surface area contributed by atoms with E-state index in [1.165, 1.54) is 30.5 Å². The molecule has 1 unspecified atom stereocenters. The Morgan fingerprint density at radius 3 is 2.59 bits per heavy atom. The second-order valence-corrected chi connectivity index (χ2v) is 7.01. The van der Waals surface area contributed by atoms with Crippen LogP contribution in [0.15, 0.2) is 48.5 Å². The smallest absolute Gasteiger partial charge is 0.236 e. The molecule has 2 aromatic carbocycles. The van der Waals surface area contributed by atoms with Gasteiger partial charge in [-0.15, -0.1) is 0 Å². The zero-order valence-corrected chi connectivity index (χ0v) is 16.0. The highest BCUT2D eigenvalue weighted by atomic mass is 19.1. The molecule has 0 saturated heterocycles. The standard InChI is InChI=1S/C22H27FN2O2/c1-3-25(15-16-5-4-6-19(23)13-16)21(26)14-24-22(17-7-8-17)18-9-11-20(27-2)12-10-18/h4-6,9-13,17,22,24H,3,7-8,14-15H2,1-2H3. The molecule has 1 aliphatic carbocycles. The monoisotopic (exact) mass is 370 g/mol. The van der Waals surface area contributed by atoms with Crippen LogP contribution in [-0.2, 0) is 11.3 Å². The zero-order valence-electron chi connectivity index (χ0n) is 16.0. The molecule has 144 valence electrons. The Labute approximate surface area is 160 Å². The molecule has 0 radical (unpaired) electrons. The molecule has 1 saturated carbocycles. The number of carbonyl (C=O) groups is 1. The molecule has 1 N–H and O–H groups in total. The summed E-state index contributed by atoms with van der Waals surface area (Å²) >= 11 is 0. The third-order valence-corrected chi connectivity index (χ3v) is 5.04. The number of halogens is 1. The second kappa shape index (κ2) is 9.00. The highest BCUT2D eigenvalue weighted by Crippen LogP contribution is 2.41. The van der Waals surface area contributed by atoms with Crippen molar-refractivity contribution in [2.24, 2.45) is 5.92 Å². The van der Waals surface area contributed by atoms with Crippen LogP contribution in [0.4, 0.5) is 4.39 Å². The van der Waals surface area contributed by atoms with E-state index < -0.39 is 0 Å². The minimum atomic E-state index is -0.276. The van der Waals surface area contributed by atoms with E-state index in [1.807, 2.05) is 25.1 Å². The van der Waals surface area contributed by atoms with Crippen molar-refractivity contribution in [3.8, 4) is 5.75 Å². The van der Waals surface area contributed by atoms with Crippen molar-refractivity contribution < 1.29 is 13.9 Å². The van der Waals surface area contributed by atoms with Crippen molar-refractivity contribution in [3.63, 3.8) is 0 Å². The number of nitrogens with zero attached hydrogens (tertiary/aromatic N) is 1. The summed E-state index contributed by atoms with van der Waals surface area (Å²) in [5.74, 6) is 1.16. The fourth-order valence-electron chi connectivity index (χ4n) is 3.34. The topological polar surface area (TPSA) is 41.6 Å². The van der Waals surface area contributed by atoms with E-state index in [4.69, 9.17) is 4.74 Å². The first-order valence-electron chi connectivity index (χ1n) is 9.50. The summed E-state index contributed by atoms with van der Waals surface area (Å²) in [5.41, 5.74) is 1.98. The Balaban J connectivity index is 1.60. The molecule has 2 aromatic rings. The normalized spacial score (nSPS) is 14.6. The zero-order chi connectivity index (χ0) is 19.2. The summed E-state index contributed by atoms with van der Waals surface area (Å²) in [7, 11) is 1.65. The van der Waals surface area contributed by atoms with E-state index in [9.17, 15) is 9.18 Å². The van der Waals surface area contributed by atoms with Crippen LogP contribution in [0.5, 0.6) is 5.75 Å². The molecule has 1 atom stereocenters. The van der Waals surface area contributed by atoms with Gasteiger partial charge in [0.15, 0.2) is 0 Å². The lowest BCUT2D eigenvalue weighted by Crippen LogP contribution is -2.39. The number of benzene rings is 2. The van der Waals surface area contributed by atoms with Crippen molar-refractivity contribution >= 4 is 5.91 Å². The first kappa shape index (κ1) is 19.4. The predicted molar refractivity (Wildman–Crippen MR) is 104 cm³/mol. The number of rotatable bonds is 9. The lowest BCUT2D eigenvalue weighted by atomic mass is 10.0. The van der Waals surface area contributed by atoms with Gasteiger partial charge >= 0.3 is 0 Å². The lowest BCUT2D eigenvalue weighted by Gasteiger charge is -2.24. The maximum absolute atomic E-state index is 13.4. The number of hydrogen-bond acceptors (Lipinski definition) is 3. The van der Waals surface area contributed by atoms with Gasteiger partial charge in [-0.2, -0.15) is 0 Å². The second-order valence-electron chi connectivity index (χ2n) is 7.01. The Morgan fingerprint density at radius 1 is 1.26 bits per heavy atom. The minimum absolute atomic E-state index is 0.0286. The van der Waals surface area contributed by atoms with E-state index in [2.05, 4.69) is 17.4 Å². The molecule has 1 fully saturated rings. The Morgan fingerprint density at radius 2 is 2.00 bits per heavy atom. The van der Waals surface area contributed by atoms with Crippen LogP contribution in [0.3, 0.4) is 0 Å². The van der Waals surface area contributed by atoms with E-state index in [1.54, 1.807) is 18.1 Å². The number of hydrogen-bond donors (Lipinski definition) is 1. The summed E-state index contributed by atoms with van der Waals surface area (Å²) in [6.45, 7) is 3.23. The van der Waals surface area contributed by atoms with Crippen LogP contribution in [0.25, 0.3) is 0 Å². The molecular formula is C22H27FN2O2. The third-order valence-electron chi connectivity index (χ3n) is 5.04. The summed E-state index contributed by atoms with van der Waals surface area (Å²) in [4.78, 5) is 14.4. The first-order chi connectivity index (χ1) is 13.1. The number of nitrogens with one attached hydrogen (secondary N) is 1. The van der Waals surface area contributed by atoms with Crippen molar-refractivity contribution in [1.82, 2.24) is 10.2 Å². The van der Waals surface area contributed by atoms with Gasteiger partial charge in [0.1, 0.15) is 11.6 Å². The third kappa shape index (κ3) is 5.30. The van der Waals surface area contributed by atoms with Gasteiger partial charge in [0, 0.05) is 19.1 Å². The van der Waals surface area contributed by atoms with Crippen LogP contribution in [-0.4, -0.2) is 31.0 Å². The maximum atomic E-state index is 13.4. The molecule has 0 heterocycles. The minimum Gasteiger partial charge on any atom is -0.497 e. The van der Waals surface area contributed by atoms with E-state index in [0.29, 0.717) is 19.0 Å². The molecule has 27 heavy (non-hydrogen) atoms. The van der Waals surface area contributed by atoms with Gasteiger partial charge in [0.25, 0.3) is 0 Å². The molecule has 0 aromatic heterocycles. The number of likely N-dealkylation sites (N-methyl/N-ethyl adjacent to an activating group) is 1. The van der Waals surface area contributed by atoms with Crippen molar-refractivity contribution in [1.29, 1.82) is 0 Å². The number of ether oxygens (including phenoxy) is 1. The molecule has 3 rings (SSSR count). The van der Waals surface area contributed by atoms with Crippen molar-refractivity contribution in [3.05, 3.63) is 65.5 Å². The fourth-order valence-corrected chi connectivity index (χ4v) is 3.34. The maximum Gasteiger partial charge on any atom is 0.236 e. The van der Waals surface area contributed by atoms with Gasteiger partial charge in [-0.1, -0.05) is 24.3 Å². The van der Waals surface area contributed by atoms with Gasteiger partial charge in [-0.3, -0.25) is 4.79 Å². The summed E-state index contributed by atoms with van der Waals surface area (Å²) in [6, 6.07) is 14.6. The molecule has 1 aliphatic rings. The van der Waals surface area contributed by atoms with Gasteiger partial charge < -0.3 is 15.0 Å². The first-order valence-corrected chi connectivity index (χ1v) is 9.50. The quantitative estimate of drug-likeness (QED) is 0.727. The van der Waals surface area contributed by atoms with Gasteiger partial charge in [0.2, 0.25) is 5.91 Å². The average molecular weight is 370 g/mol. The van der Waals surface area contributed by atoms with Crippen molar-refractivity contribution in [2.45, 2.75) is 32.4 Å². The average Bonchev–Trinajstić information content (AvgIpc) is 3.52. The van der Waals surface area contributed by atoms with Crippen molar-refractivity contribution in [2.75, 3.05) is 20.2 Å². The molecule has 0 aliphatic heterocycles. The highest BCUT2D eigenvalue weighted by molar-refractivity contribution is 5.78. The van der Waals surface area contributed by atoms with E-state index in [-0.39, 0.29) is 24.3 Å². The number of carbonyl (C=O) groups excluding carboxylic acids is 1. The molecule has 0 spiro atoms. The van der Waals surface area contributed by atoms with Crippen LogP contribution < -0.4 is 10.1 Å². The predicted octanol–water partition coefficient (Wildman–Crippen LogP) is 3.92. The summed E-state index contributed by atoms with van der Waals surface area (Å²) < 4.78 is 18.6. The fraction of sp³-hybridized carbons (Fsp3) is 0.409. The molecular weight excluding hydrogens is 343 g/mol. The SMILES string of the molecule is CCN(Cc1cccc(F)c1)C(=O)CNC(c1ccc(OC)cc1)C1CC1.